The van der Waals surface area contributed by atoms with Crippen LogP contribution < -0.4 is 5.32 Å². The van der Waals surface area contributed by atoms with E-state index in [1.807, 2.05) is 13.0 Å². The van der Waals surface area contributed by atoms with Crippen LogP contribution in [0.25, 0.3) is 0 Å². The molecular formula is C12H16ClNO3. The number of ether oxygens (including phenoxy) is 1. The van der Waals surface area contributed by atoms with Gasteiger partial charge in [-0.1, -0.05) is 17.7 Å². The highest BCUT2D eigenvalue weighted by atomic mass is 35.5. The highest BCUT2D eigenvalue weighted by Gasteiger charge is 2.31. The highest BCUT2D eigenvalue weighted by Crippen LogP contribution is 2.23. The number of methoxy groups -OCH3 is 1. The molecule has 0 aliphatic rings. The second kappa shape index (κ2) is 5.38. The lowest BCUT2D eigenvalue weighted by Crippen LogP contribution is -2.42. The van der Waals surface area contributed by atoms with Gasteiger partial charge in [-0.15, -0.1) is 0 Å². The summed E-state index contributed by atoms with van der Waals surface area (Å²) in [6.45, 7) is 3.31. The Bertz CT molecular complexity index is 418. The van der Waals surface area contributed by atoms with Gasteiger partial charge in [0.15, 0.2) is 5.60 Å². The van der Waals surface area contributed by atoms with E-state index in [2.05, 4.69) is 10.1 Å². The van der Waals surface area contributed by atoms with E-state index in [0.717, 1.165) is 11.3 Å². The number of halogens is 1. The number of carbonyl (C=O) groups excluding carboxylic acids is 1. The molecule has 0 amide bonds. The molecular weight excluding hydrogens is 242 g/mol. The third-order valence-corrected chi connectivity index (χ3v) is 2.93. The quantitative estimate of drug-likeness (QED) is 0.810. The number of hydrogen-bond acceptors (Lipinski definition) is 4. The number of carbonyl (C=O) groups is 1. The highest BCUT2D eigenvalue weighted by molar-refractivity contribution is 6.31. The van der Waals surface area contributed by atoms with Crippen LogP contribution in [0.1, 0.15) is 12.5 Å². The van der Waals surface area contributed by atoms with E-state index in [1.54, 1.807) is 12.1 Å². The van der Waals surface area contributed by atoms with Crippen molar-refractivity contribution in [3.8, 4) is 0 Å². The van der Waals surface area contributed by atoms with Gasteiger partial charge in [-0.3, -0.25) is 0 Å². The van der Waals surface area contributed by atoms with E-state index in [0.29, 0.717) is 5.02 Å². The largest absolute Gasteiger partial charge is 0.467 e. The summed E-state index contributed by atoms with van der Waals surface area (Å²) in [5.74, 6) is -0.676. The average Bonchev–Trinajstić information content (AvgIpc) is 2.30. The first kappa shape index (κ1) is 13.8. The Morgan fingerprint density at radius 1 is 1.59 bits per heavy atom. The lowest BCUT2D eigenvalue weighted by atomic mass is 10.1. The summed E-state index contributed by atoms with van der Waals surface area (Å²) in [6, 6.07) is 5.40. The predicted octanol–water partition coefficient (Wildman–Crippen LogP) is 1.98. The molecule has 1 aromatic carbocycles. The number of aliphatic hydroxyl groups is 1. The van der Waals surface area contributed by atoms with Gasteiger partial charge >= 0.3 is 5.97 Å². The Balaban J connectivity index is 2.74. The molecule has 1 rings (SSSR count). The minimum atomic E-state index is -1.57. The van der Waals surface area contributed by atoms with E-state index in [4.69, 9.17) is 11.6 Å². The van der Waals surface area contributed by atoms with Crippen molar-refractivity contribution in [2.75, 3.05) is 19.0 Å². The van der Waals surface area contributed by atoms with Gasteiger partial charge < -0.3 is 15.2 Å². The van der Waals surface area contributed by atoms with Crippen LogP contribution in [0.3, 0.4) is 0 Å². The lowest BCUT2D eigenvalue weighted by molar-refractivity contribution is -0.158. The van der Waals surface area contributed by atoms with Gasteiger partial charge in [0.2, 0.25) is 0 Å². The van der Waals surface area contributed by atoms with Crippen LogP contribution in [0.5, 0.6) is 0 Å². The summed E-state index contributed by atoms with van der Waals surface area (Å²) < 4.78 is 4.50. The fraction of sp³-hybridized carbons (Fsp3) is 0.417. The topological polar surface area (TPSA) is 58.6 Å². The summed E-state index contributed by atoms with van der Waals surface area (Å²) in [5, 5.41) is 13.4. The molecule has 17 heavy (non-hydrogen) atoms. The van der Waals surface area contributed by atoms with Crippen LogP contribution in [0.4, 0.5) is 5.69 Å². The molecule has 0 aromatic heterocycles. The number of hydrogen-bond donors (Lipinski definition) is 2. The molecule has 0 saturated heterocycles. The van der Waals surface area contributed by atoms with Crippen molar-refractivity contribution in [3.05, 3.63) is 28.8 Å². The third kappa shape index (κ3) is 3.35. The van der Waals surface area contributed by atoms with Crippen molar-refractivity contribution in [3.63, 3.8) is 0 Å². The molecule has 4 nitrogen and oxygen atoms in total. The zero-order valence-corrected chi connectivity index (χ0v) is 10.8. The molecule has 0 aliphatic heterocycles. The first-order chi connectivity index (χ1) is 7.88. The van der Waals surface area contributed by atoms with Gasteiger partial charge in [-0.05, 0) is 31.5 Å². The predicted molar refractivity (Wildman–Crippen MR) is 67.3 cm³/mol. The fourth-order valence-electron chi connectivity index (χ4n) is 1.36. The Hall–Kier alpha value is -1.26. The summed E-state index contributed by atoms with van der Waals surface area (Å²) in [7, 11) is 1.24. The van der Waals surface area contributed by atoms with E-state index < -0.39 is 11.6 Å². The lowest BCUT2D eigenvalue weighted by Gasteiger charge is -2.22. The molecule has 94 valence electrons. The second-order valence-electron chi connectivity index (χ2n) is 4.03. The molecule has 0 fully saturated rings. The summed E-state index contributed by atoms with van der Waals surface area (Å²) >= 11 is 5.96. The van der Waals surface area contributed by atoms with Crippen LogP contribution in [-0.2, 0) is 9.53 Å². The summed E-state index contributed by atoms with van der Waals surface area (Å²) in [4.78, 5) is 11.3. The number of esters is 1. The van der Waals surface area contributed by atoms with Gasteiger partial charge in [0.1, 0.15) is 0 Å². The van der Waals surface area contributed by atoms with Crippen molar-refractivity contribution in [1.82, 2.24) is 0 Å². The Morgan fingerprint density at radius 3 is 2.82 bits per heavy atom. The van der Waals surface area contributed by atoms with E-state index in [1.165, 1.54) is 14.0 Å². The Labute approximate surface area is 106 Å². The van der Waals surface area contributed by atoms with Crippen LogP contribution in [0, 0.1) is 6.92 Å². The minimum Gasteiger partial charge on any atom is -0.467 e. The van der Waals surface area contributed by atoms with Crippen molar-refractivity contribution < 1.29 is 14.6 Å². The summed E-state index contributed by atoms with van der Waals surface area (Å²) in [5.41, 5.74) is 0.0836. The molecule has 0 aliphatic carbocycles. The second-order valence-corrected chi connectivity index (χ2v) is 4.44. The normalized spacial score (nSPS) is 13.9. The molecule has 0 spiro atoms. The first-order valence-corrected chi connectivity index (χ1v) is 5.56. The number of anilines is 1. The zero-order valence-electron chi connectivity index (χ0n) is 10.1. The number of nitrogens with one attached hydrogen (secondary N) is 1. The summed E-state index contributed by atoms with van der Waals surface area (Å²) in [6.07, 6.45) is 0. The molecule has 0 bridgehead atoms. The molecule has 1 aromatic rings. The van der Waals surface area contributed by atoms with Crippen molar-refractivity contribution in [2.24, 2.45) is 0 Å². The molecule has 5 heteroatoms. The van der Waals surface area contributed by atoms with Crippen LogP contribution in [0.2, 0.25) is 5.02 Å². The standard InChI is InChI=1S/C12H16ClNO3/c1-8-9(13)5-4-6-10(8)14-7-12(2,16)11(15)17-3/h4-6,14,16H,7H2,1-3H3. The number of rotatable bonds is 4. The van der Waals surface area contributed by atoms with Gasteiger partial charge in [-0.25, -0.2) is 4.79 Å². The third-order valence-electron chi connectivity index (χ3n) is 2.52. The molecule has 0 heterocycles. The van der Waals surface area contributed by atoms with Crippen molar-refractivity contribution in [2.45, 2.75) is 19.4 Å². The maximum absolute atomic E-state index is 11.3. The van der Waals surface area contributed by atoms with E-state index in [9.17, 15) is 9.90 Å². The molecule has 0 radical (unpaired) electrons. The smallest absolute Gasteiger partial charge is 0.339 e. The van der Waals surface area contributed by atoms with Crippen LogP contribution in [-0.4, -0.2) is 30.3 Å². The monoisotopic (exact) mass is 257 g/mol. The SMILES string of the molecule is COC(=O)C(C)(O)CNc1cccc(Cl)c1C. The van der Waals surface area contributed by atoms with Crippen LogP contribution >= 0.6 is 11.6 Å². The van der Waals surface area contributed by atoms with Gasteiger partial charge in [0.25, 0.3) is 0 Å². The Kier molecular flexibility index (Phi) is 4.37. The number of benzene rings is 1. The zero-order chi connectivity index (χ0) is 13.1. The molecule has 1 unspecified atom stereocenters. The maximum atomic E-state index is 11.3. The van der Waals surface area contributed by atoms with Crippen molar-refractivity contribution >= 4 is 23.3 Å². The minimum absolute atomic E-state index is 0.0564. The van der Waals surface area contributed by atoms with Crippen molar-refractivity contribution in [1.29, 1.82) is 0 Å². The maximum Gasteiger partial charge on any atom is 0.339 e. The van der Waals surface area contributed by atoms with Gasteiger partial charge in [-0.2, -0.15) is 0 Å². The fourth-order valence-corrected chi connectivity index (χ4v) is 1.53. The van der Waals surface area contributed by atoms with E-state index >= 15 is 0 Å². The molecule has 2 N–H and O–H groups in total. The van der Waals surface area contributed by atoms with Crippen LogP contribution in [0.15, 0.2) is 18.2 Å². The van der Waals surface area contributed by atoms with E-state index in [-0.39, 0.29) is 6.54 Å². The van der Waals surface area contributed by atoms with Gasteiger partial charge in [0.05, 0.1) is 13.7 Å². The van der Waals surface area contributed by atoms with Gasteiger partial charge in [0, 0.05) is 10.7 Å². The molecule has 0 saturated carbocycles. The average molecular weight is 258 g/mol. The molecule has 1 atom stereocenters. The Morgan fingerprint density at radius 2 is 2.24 bits per heavy atom. The first-order valence-electron chi connectivity index (χ1n) is 5.18.